The number of aliphatic hydroxyl groups excluding tert-OH is 1. The minimum atomic E-state index is -0.825. The monoisotopic (exact) mass is 234 g/mol. The molecule has 17 heavy (non-hydrogen) atoms. The van der Waals surface area contributed by atoms with Crippen molar-refractivity contribution in [3.05, 3.63) is 35.9 Å². The van der Waals surface area contributed by atoms with Gasteiger partial charge < -0.3 is 15.7 Å². The Hall–Kier alpha value is -1.88. The molecular formula is C12H14N2O3. The predicted molar refractivity (Wildman–Crippen MR) is 61.1 cm³/mol. The fourth-order valence-electron chi connectivity index (χ4n) is 1.80. The van der Waals surface area contributed by atoms with Crippen molar-refractivity contribution in [2.24, 2.45) is 0 Å². The quantitative estimate of drug-likeness (QED) is 0.641. The highest BCUT2D eigenvalue weighted by Crippen LogP contribution is 2.06. The summed E-state index contributed by atoms with van der Waals surface area (Å²) in [5.41, 5.74) is 0.982. The largest absolute Gasteiger partial charge is 0.394 e. The van der Waals surface area contributed by atoms with Gasteiger partial charge in [-0.3, -0.25) is 9.59 Å². The molecule has 2 amide bonds. The van der Waals surface area contributed by atoms with Gasteiger partial charge in [0.2, 0.25) is 11.8 Å². The standard InChI is InChI=1S/C12H14N2O3/c15-7-10-12(17)13-9(11(16)14-10)6-8-4-2-1-3-5-8/h1-5,9-10,15H,6-7H2,(H,13,17)(H,14,16). The first-order chi connectivity index (χ1) is 8.20. The van der Waals surface area contributed by atoms with Crippen LogP contribution in [0.15, 0.2) is 30.3 Å². The molecule has 1 aliphatic rings. The number of aliphatic hydroxyl groups is 1. The highest BCUT2D eigenvalue weighted by Gasteiger charge is 2.32. The molecule has 0 bridgehead atoms. The third-order valence-electron chi connectivity index (χ3n) is 2.73. The molecule has 5 nitrogen and oxygen atoms in total. The van der Waals surface area contributed by atoms with Crippen LogP contribution in [-0.4, -0.2) is 35.6 Å². The minimum absolute atomic E-state index is 0.257. The van der Waals surface area contributed by atoms with Gasteiger partial charge in [-0.05, 0) is 5.56 Å². The maximum atomic E-state index is 11.7. The van der Waals surface area contributed by atoms with Crippen molar-refractivity contribution in [1.82, 2.24) is 10.6 Å². The van der Waals surface area contributed by atoms with Gasteiger partial charge in [0.05, 0.1) is 6.61 Å². The lowest BCUT2D eigenvalue weighted by Crippen LogP contribution is -2.63. The molecule has 2 rings (SSSR count). The molecule has 3 N–H and O–H groups in total. The molecule has 1 saturated heterocycles. The Morgan fingerprint density at radius 1 is 1.00 bits per heavy atom. The van der Waals surface area contributed by atoms with E-state index in [4.69, 9.17) is 5.11 Å². The molecular weight excluding hydrogens is 220 g/mol. The molecule has 1 aromatic carbocycles. The second kappa shape index (κ2) is 4.97. The van der Waals surface area contributed by atoms with Crippen LogP contribution in [0.3, 0.4) is 0 Å². The summed E-state index contributed by atoms with van der Waals surface area (Å²) in [7, 11) is 0. The lowest BCUT2D eigenvalue weighted by atomic mass is 10.0. The van der Waals surface area contributed by atoms with E-state index in [0.29, 0.717) is 6.42 Å². The topological polar surface area (TPSA) is 78.4 Å². The van der Waals surface area contributed by atoms with E-state index in [2.05, 4.69) is 10.6 Å². The van der Waals surface area contributed by atoms with E-state index in [1.54, 1.807) is 0 Å². The highest BCUT2D eigenvalue weighted by atomic mass is 16.3. The van der Waals surface area contributed by atoms with Crippen LogP contribution in [0, 0.1) is 0 Å². The zero-order valence-electron chi connectivity index (χ0n) is 9.22. The molecule has 2 atom stereocenters. The van der Waals surface area contributed by atoms with Crippen LogP contribution in [0.4, 0.5) is 0 Å². The van der Waals surface area contributed by atoms with Crippen molar-refractivity contribution in [3.63, 3.8) is 0 Å². The van der Waals surface area contributed by atoms with E-state index in [1.165, 1.54) is 0 Å². The van der Waals surface area contributed by atoms with E-state index >= 15 is 0 Å². The van der Waals surface area contributed by atoms with E-state index in [9.17, 15) is 9.59 Å². The summed E-state index contributed by atoms with van der Waals surface area (Å²) in [5, 5.41) is 14.0. The molecule has 5 heteroatoms. The summed E-state index contributed by atoms with van der Waals surface area (Å²) >= 11 is 0. The summed E-state index contributed by atoms with van der Waals surface area (Å²) < 4.78 is 0. The third kappa shape index (κ3) is 2.62. The van der Waals surface area contributed by atoms with Crippen molar-refractivity contribution < 1.29 is 14.7 Å². The molecule has 0 aromatic heterocycles. The van der Waals surface area contributed by atoms with Gasteiger partial charge in [-0.15, -0.1) is 0 Å². The van der Waals surface area contributed by atoms with E-state index in [-0.39, 0.29) is 18.4 Å². The van der Waals surface area contributed by atoms with Gasteiger partial charge >= 0.3 is 0 Å². The van der Waals surface area contributed by atoms with E-state index in [1.807, 2.05) is 30.3 Å². The summed E-state index contributed by atoms with van der Waals surface area (Å²) in [5.74, 6) is -0.597. The number of carbonyl (C=O) groups is 2. The second-order valence-corrected chi connectivity index (χ2v) is 3.99. The average Bonchev–Trinajstić information content (AvgIpc) is 2.34. The lowest BCUT2D eigenvalue weighted by molar-refractivity contribution is -0.137. The highest BCUT2D eigenvalue weighted by molar-refractivity contribution is 5.97. The zero-order chi connectivity index (χ0) is 12.3. The van der Waals surface area contributed by atoms with E-state index < -0.39 is 12.1 Å². The van der Waals surface area contributed by atoms with Gasteiger partial charge in [-0.25, -0.2) is 0 Å². The van der Waals surface area contributed by atoms with Crippen molar-refractivity contribution in [2.75, 3.05) is 6.61 Å². The van der Waals surface area contributed by atoms with Gasteiger partial charge in [-0.1, -0.05) is 30.3 Å². The number of nitrogens with one attached hydrogen (secondary N) is 2. The molecule has 0 aliphatic carbocycles. The first kappa shape index (κ1) is 11.6. The number of carbonyl (C=O) groups excluding carboxylic acids is 2. The fourth-order valence-corrected chi connectivity index (χ4v) is 1.80. The van der Waals surface area contributed by atoms with Gasteiger partial charge in [0.1, 0.15) is 12.1 Å². The van der Waals surface area contributed by atoms with Crippen LogP contribution in [0.2, 0.25) is 0 Å². The fraction of sp³-hybridized carbons (Fsp3) is 0.333. The van der Waals surface area contributed by atoms with Gasteiger partial charge in [-0.2, -0.15) is 0 Å². The number of amides is 2. The van der Waals surface area contributed by atoms with Crippen LogP contribution in [0.25, 0.3) is 0 Å². The predicted octanol–water partition coefficient (Wildman–Crippen LogP) is -0.795. The van der Waals surface area contributed by atoms with Crippen molar-refractivity contribution in [2.45, 2.75) is 18.5 Å². The third-order valence-corrected chi connectivity index (χ3v) is 2.73. The lowest BCUT2D eigenvalue weighted by Gasteiger charge is -2.28. The van der Waals surface area contributed by atoms with Crippen LogP contribution < -0.4 is 10.6 Å². The maximum Gasteiger partial charge on any atom is 0.245 e. The molecule has 0 spiro atoms. The molecule has 0 saturated carbocycles. The summed E-state index contributed by atoms with van der Waals surface area (Å²) in [6, 6.07) is 8.07. The smallest absolute Gasteiger partial charge is 0.245 e. The molecule has 1 aliphatic heterocycles. The van der Waals surface area contributed by atoms with E-state index in [0.717, 1.165) is 5.56 Å². The molecule has 2 unspecified atom stereocenters. The van der Waals surface area contributed by atoms with Crippen LogP contribution in [0.1, 0.15) is 5.56 Å². The molecule has 1 heterocycles. The summed E-state index contributed by atoms with van der Waals surface area (Å²) in [6.07, 6.45) is 0.455. The molecule has 90 valence electrons. The Labute approximate surface area is 98.8 Å². The number of benzene rings is 1. The normalized spacial score (nSPS) is 24.1. The minimum Gasteiger partial charge on any atom is -0.394 e. The Morgan fingerprint density at radius 2 is 1.59 bits per heavy atom. The van der Waals surface area contributed by atoms with Crippen LogP contribution >= 0.6 is 0 Å². The van der Waals surface area contributed by atoms with Gasteiger partial charge in [0.25, 0.3) is 0 Å². The average molecular weight is 234 g/mol. The number of hydrogen-bond donors (Lipinski definition) is 3. The number of rotatable bonds is 3. The summed E-state index contributed by atoms with van der Waals surface area (Å²) in [4.78, 5) is 23.2. The number of piperazine rings is 1. The van der Waals surface area contributed by atoms with Gasteiger partial charge in [0, 0.05) is 6.42 Å². The Kier molecular flexibility index (Phi) is 3.39. The first-order valence-electron chi connectivity index (χ1n) is 5.46. The number of hydrogen-bond acceptors (Lipinski definition) is 3. The second-order valence-electron chi connectivity index (χ2n) is 3.99. The van der Waals surface area contributed by atoms with Crippen molar-refractivity contribution in [1.29, 1.82) is 0 Å². The Bertz CT molecular complexity index is 419. The van der Waals surface area contributed by atoms with Crippen LogP contribution in [0.5, 0.6) is 0 Å². The zero-order valence-corrected chi connectivity index (χ0v) is 9.22. The molecule has 1 aromatic rings. The van der Waals surface area contributed by atoms with Gasteiger partial charge in [0.15, 0.2) is 0 Å². The van der Waals surface area contributed by atoms with Crippen molar-refractivity contribution in [3.8, 4) is 0 Å². The SMILES string of the molecule is O=C1NC(Cc2ccccc2)C(=O)NC1CO. The summed E-state index contributed by atoms with van der Waals surface area (Å²) in [6.45, 7) is -0.379. The molecule has 0 radical (unpaired) electrons. The molecule has 1 fully saturated rings. The van der Waals surface area contributed by atoms with Crippen molar-refractivity contribution >= 4 is 11.8 Å². The Balaban J connectivity index is 2.03. The Morgan fingerprint density at radius 3 is 2.24 bits per heavy atom. The maximum absolute atomic E-state index is 11.7. The first-order valence-corrected chi connectivity index (χ1v) is 5.46. The van der Waals surface area contributed by atoms with Crippen LogP contribution in [-0.2, 0) is 16.0 Å².